The van der Waals surface area contributed by atoms with Crippen molar-refractivity contribution in [1.82, 2.24) is 5.32 Å². The molecule has 0 fully saturated rings. The normalized spacial score (nSPS) is 17.1. The fourth-order valence-corrected chi connectivity index (χ4v) is 1.97. The van der Waals surface area contributed by atoms with Gasteiger partial charge < -0.3 is 10.2 Å². The molecule has 0 aliphatic rings. The van der Waals surface area contributed by atoms with Crippen LogP contribution in [0.15, 0.2) is 0 Å². The van der Waals surface area contributed by atoms with Crippen LogP contribution in [0.25, 0.3) is 0 Å². The second-order valence-electron chi connectivity index (χ2n) is 7.19. The number of alkyl halides is 18. The average Bonchev–Trinajstić information content (AvgIpc) is 2.75. The number of halogens is 18. The number of aliphatic hydroxyl groups is 2. The van der Waals surface area contributed by atoms with Gasteiger partial charge in [-0.25, -0.2) is 17.6 Å². The van der Waals surface area contributed by atoms with Gasteiger partial charge >= 0.3 is 47.9 Å². The van der Waals surface area contributed by atoms with E-state index in [0.29, 0.717) is 5.32 Å². The molecule has 0 aromatic heterocycles. The Morgan fingerprint density at radius 2 is 0.921 bits per heavy atom. The van der Waals surface area contributed by atoms with E-state index in [1.54, 1.807) is 0 Å². The van der Waals surface area contributed by atoms with Crippen LogP contribution in [0.5, 0.6) is 0 Å². The van der Waals surface area contributed by atoms with Gasteiger partial charge in [0.1, 0.15) is 13.2 Å². The summed E-state index contributed by atoms with van der Waals surface area (Å²) in [5.74, 6) is -30.9. The topological polar surface area (TPSA) is 71.0 Å². The number of ether oxygens (including phenoxy) is 2. The van der Waals surface area contributed by atoms with E-state index in [2.05, 4.69) is 9.47 Å². The molecule has 2 unspecified atom stereocenters. The molecule has 3 N–H and O–H groups in total. The predicted octanol–water partition coefficient (Wildman–Crippen LogP) is 4.92. The van der Waals surface area contributed by atoms with Crippen LogP contribution in [0, 0.1) is 0 Å². The van der Waals surface area contributed by atoms with Crippen LogP contribution < -0.4 is 5.32 Å². The minimum absolute atomic E-state index is 0.457. The molecule has 0 aromatic rings. The lowest BCUT2D eigenvalue weighted by molar-refractivity contribution is -0.435. The highest BCUT2D eigenvalue weighted by Gasteiger charge is 2.75. The van der Waals surface area contributed by atoms with Crippen molar-refractivity contribution in [3.8, 4) is 0 Å². The molecule has 0 aliphatic carbocycles. The van der Waals surface area contributed by atoms with Crippen molar-refractivity contribution in [1.29, 1.82) is 0 Å². The molecule has 38 heavy (non-hydrogen) atoms. The van der Waals surface area contributed by atoms with Crippen molar-refractivity contribution in [2.75, 3.05) is 19.8 Å². The molecule has 0 aromatic carbocycles. The highest BCUT2D eigenvalue weighted by molar-refractivity contribution is 4.93. The summed E-state index contributed by atoms with van der Waals surface area (Å²) in [6.45, 7) is -7.73. The monoisotopic (exact) mass is 615 g/mol. The van der Waals surface area contributed by atoms with Gasteiger partial charge in [0.05, 0.1) is 0 Å². The van der Waals surface area contributed by atoms with Crippen LogP contribution in [-0.4, -0.2) is 90.6 Å². The highest BCUT2D eigenvalue weighted by Crippen LogP contribution is 2.49. The van der Waals surface area contributed by atoms with Crippen LogP contribution in [0.4, 0.5) is 79.0 Å². The predicted molar refractivity (Wildman–Crippen MR) is 82.9 cm³/mol. The molecule has 0 saturated heterocycles. The Bertz CT molecular complexity index is 702. The molecule has 5 nitrogen and oxygen atoms in total. The summed E-state index contributed by atoms with van der Waals surface area (Å²) in [7, 11) is 0. The fourth-order valence-electron chi connectivity index (χ4n) is 1.97. The molecule has 0 saturated carbocycles. The first-order chi connectivity index (χ1) is 16.6. The maximum atomic E-state index is 13.5. The molecule has 0 bridgehead atoms. The first-order valence-corrected chi connectivity index (χ1v) is 9.21. The lowest BCUT2D eigenvalue weighted by Gasteiger charge is -2.33. The van der Waals surface area contributed by atoms with Crippen molar-refractivity contribution in [3.05, 3.63) is 0 Å². The van der Waals surface area contributed by atoms with E-state index in [1.807, 2.05) is 0 Å². The van der Waals surface area contributed by atoms with Gasteiger partial charge in [0, 0.05) is 13.0 Å². The van der Waals surface area contributed by atoms with E-state index in [0.717, 1.165) is 0 Å². The molecule has 0 amide bonds. The summed E-state index contributed by atoms with van der Waals surface area (Å²) in [4.78, 5) is 0. The number of hydrogen-bond acceptors (Lipinski definition) is 5. The Labute approximate surface area is 198 Å². The second-order valence-corrected chi connectivity index (χ2v) is 7.19. The van der Waals surface area contributed by atoms with E-state index in [9.17, 15) is 79.0 Å². The molecule has 23 heteroatoms. The zero-order chi connectivity index (χ0) is 30.8. The smallest absolute Gasteiger partial charge is 0.390 e. The van der Waals surface area contributed by atoms with Crippen LogP contribution >= 0.6 is 0 Å². The zero-order valence-corrected chi connectivity index (χ0v) is 17.7. The zero-order valence-electron chi connectivity index (χ0n) is 17.7. The maximum absolute atomic E-state index is 13.5. The number of nitrogens with one attached hydrogen (secondary N) is 1. The molecule has 2 atom stereocenters. The number of aliphatic hydroxyl groups excluding tert-OH is 2. The van der Waals surface area contributed by atoms with Crippen LogP contribution in [-0.2, 0) is 9.47 Å². The Morgan fingerprint density at radius 1 is 0.579 bits per heavy atom. The van der Waals surface area contributed by atoms with Crippen molar-refractivity contribution >= 4 is 0 Å². The average molecular weight is 615 g/mol. The fraction of sp³-hybridized carbons (Fsp3) is 1.00. The molecular formula is C15H15F18NO4. The summed E-state index contributed by atoms with van der Waals surface area (Å²) in [6, 6.07) is -5.57. The SMILES string of the molecule is OCC(F)(F)C(F)(F)C(F)(F)OC(F)C(F)(F)CCCNC(F)(F)C(F)OC(F)(F)C(F)(F)C(F)(F)CO. The summed E-state index contributed by atoms with van der Waals surface area (Å²) < 4.78 is 241. The van der Waals surface area contributed by atoms with E-state index in [1.165, 1.54) is 0 Å². The molecule has 230 valence electrons. The Hall–Kier alpha value is -1.46. The van der Waals surface area contributed by atoms with Gasteiger partial charge in [-0.1, -0.05) is 0 Å². The highest BCUT2D eigenvalue weighted by atomic mass is 19.4. The van der Waals surface area contributed by atoms with Gasteiger partial charge in [-0.05, 0) is 6.42 Å². The summed E-state index contributed by atoms with van der Waals surface area (Å²) >= 11 is 0. The lowest BCUT2D eigenvalue weighted by Crippen LogP contribution is -2.60. The van der Waals surface area contributed by atoms with Gasteiger partial charge in [-0.15, -0.1) is 0 Å². The van der Waals surface area contributed by atoms with E-state index >= 15 is 0 Å². The van der Waals surface area contributed by atoms with Crippen molar-refractivity contribution in [2.24, 2.45) is 0 Å². The van der Waals surface area contributed by atoms with E-state index < -0.39 is 93.2 Å². The van der Waals surface area contributed by atoms with Crippen LogP contribution in [0.2, 0.25) is 0 Å². The van der Waals surface area contributed by atoms with Crippen molar-refractivity contribution in [3.63, 3.8) is 0 Å². The molecule has 0 rings (SSSR count). The molecular weight excluding hydrogens is 600 g/mol. The van der Waals surface area contributed by atoms with Crippen LogP contribution in [0.1, 0.15) is 12.8 Å². The second kappa shape index (κ2) is 11.6. The Morgan fingerprint density at radius 3 is 1.26 bits per heavy atom. The van der Waals surface area contributed by atoms with Gasteiger partial charge in [0.2, 0.25) is 0 Å². The van der Waals surface area contributed by atoms with Gasteiger partial charge in [-0.2, -0.15) is 61.5 Å². The molecule has 0 aliphatic heterocycles. The summed E-state index contributed by atoms with van der Waals surface area (Å²) in [6.07, 6.45) is -27.1. The number of rotatable bonds is 17. The third-order valence-electron chi connectivity index (χ3n) is 4.21. The molecule has 0 heterocycles. The van der Waals surface area contributed by atoms with Gasteiger partial charge in [-0.3, -0.25) is 14.8 Å². The largest absolute Gasteiger partial charge is 0.428 e. The Balaban J connectivity index is 5.17. The minimum Gasteiger partial charge on any atom is -0.390 e. The van der Waals surface area contributed by atoms with Crippen molar-refractivity contribution in [2.45, 2.75) is 73.4 Å². The summed E-state index contributed by atoms with van der Waals surface area (Å²) in [5.41, 5.74) is 0. The third kappa shape index (κ3) is 7.59. The minimum atomic E-state index is -6.77. The van der Waals surface area contributed by atoms with Crippen molar-refractivity contribution < 1.29 is 98.7 Å². The first-order valence-electron chi connectivity index (χ1n) is 9.21. The first kappa shape index (κ1) is 36.5. The van der Waals surface area contributed by atoms with E-state index in [4.69, 9.17) is 10.2 Å². The quantitative estimate of drug-likeness (QED) is 0.123. The maximum Gasteiger partial charge on any atom is 0.428 e. The van der Waals surface area contributed by atoms with Crippen LogP contribution in [0.3, 0.4) is 0 Å². The summed E-state index contributed by atoms with van der Waals surface area (Å²) in [5, 5.41) is 16.4. The Kier molecular flexibility index (Phi) is 11.1. The van der Waals surface area contributed by atoms with Gasteiger partial charge in [0.25, 0.3) is 12.7 Å². The standard InChI is InChI=1S/C15H15F18NO4/c16-6(37-14(30,31)12(26,27)9(20,21)4-35)8(18,19)2-1-3-34-11(24,25)7(17)38-15(32,33)13(28,29)10(22,23)5-36/h6-7,34-36H,1-5H2. The third-order valence-corrected chi connectivity index (χ3v) is 4.21. The van der Waals surface area contributed by atoms with Gasteiger partial charge in [0.15, 0.2) is 0 Å². The number of hydrogen-bond donors (Lipinski definition) is 3. The molecule has 0 spiro atoms. The lowest BCUT2D eigenvalue weighted by atomic mass is 10.1. The van der Waals surface area contributed by atoms with E-state index in [-0.39, 0.29) is 0 Å². The molecule has 0 radical (unpaired) electrons.